The zero-order valence-electron chi connectivity index (χ0n) is 37.5. The Bertz CT molecular complexity index is 1540. The van der Waals surface area contributed by atoms with E-state index in [2.05, 4.69) is 49.5 Å². The van der Waals surface area contributed by atoms with E-state index in [4.69, 9.17) is 44.7 Å². The summed E-state index contributed by atoms with van der Waals surface area (Å²) in [5.74, 6) is -14.7. The van der Waals surface area contributed by atoms with Gasteiger partial charge in [-0.05, 0) is 44.9 Å². The van der Waals surface area contributed by atoms with Crippen LogP contribution in [0, 0.1) is 0 Å². The second-order valence-corrected chi connectivity index (χ2v) is 13.7. The zero-order valence-corrected chi connectivity index (χ0v) is 37.5. The van der Waals surface area contributed by atoms with Crippen LogP contribution in [0.25, 0.3) is 0 Å². The lowest BCUT2D eigenvalue weighted by atomic mass is 10.1. The van der Waals surface area contributed by atoms with Gasteiger partial charge in [0.25, 0.3) is 11.8 Å². The summed E-state index contributed by atoms with van der Waals surface area (Å²) in [6.07, 6.45) is -14.7. The first-order chi connectivity index (χ1) is 32.3. The molecular weight excluding hydrogens is 1010 g/mol. The average molecular weight is 1070 g/mol. The topological polar surface area (TPSA) is 454 Å². The Morgan fingerprint density at radius 3 is 1.03 bits per heavy atom. The zero-order chi connectivity index (χ0) is 56.8. The fourth-order valence-corrected chi connectivity index (χ4v) is 4.03. The van der Waals surface area contributed by atoms with Gasteiger partial charge in [-0.1, -0.05) is 0 Å². The summed E-state index contributed by atoms with van der Waals surface area (Å²) in [4.78, 5) is 107. The lowest BCUT2D eigenvalue weighted by molar-refractivity contribution is -0.406. The van der Waals surface area contributed by atoms with Crippen LogP contribution in [-0.4, -0.2) is 147 Å². The summed E-state index contributed by atoms with van der Waals surface area (Å²) in [7, 11) is 0. The number of halogens is 12. The molecule has 0 heterocycles. The predicted molar refractivity (Wildman–Crippen MR) is 200 cm³/mol. The highest BCUT2D eigenvalue weighted by atomic mass is 19.4. The molecule has 0 unspecified atom stereocenters. The third-order valence-corrected chi connectivity index (χ3v) is 7.61. The first kappa shape index (κ1) is 73.7. The van der Waals surface area contributed by atoms with Crippen LogP contribution in [0.3, 0.4) is 0 Å². The number of carboxylic acids is 5. The molecule has 5 amide bonds. The standard InChI is InChI=1S/C27H53N9O7.4C2HF3O2/c28-13-4-1-7-19(30)25(41)33-16-10-22(37)32-15-6-3-9-21(27(43)35-18-12-24(39)40)36-23(38)11-17-34-26(42)20(31)8-2-5-14-29;4*3-2(4,5)1(6)7/h19-21H,1-18,28-31H2,(H,32,37)(H,33,41)(H,34,42)(H,35,43)(H,36,38)(H,39,40);4*(H,6,7)/t19-,20-,21-;;;;/m0..../s1. The number of hydrogen-bond donors (Lipinski definition) is 10. The molecule has 0 aromatic carbocycles. The summed E-state index contributed by atoms with van der Waals surface area (Å²) in [5.41, 5.74) is 15.2. The van der Waals surface area contributed by atoms with Crippen LogP contribution < -0.4 is 69.9 Å². The van der Waals surface area contributed by atoms with E-state index in [-0.39, 0.29) is 69.1 Å². The Hall–Kier alpha value is -6.30. The molecule has 0 saturated carbocycles. The number of hydrogen-bond acceptors (Lipinski definition) is 14. The maximum atomic E-state index is 12.6. The van der Waals surface area contributed by atoms with Crippen molar-refractivity contribution in [3.8, 4) is 0 Å². The number of rotatable bonds is 26. The van der Waals surface area contributed by atoms with Gasteiger partial charge in [-0.25, -0.2) is 0 Å². The Balaban J connectivity index is -0.000000412. The molecule has 71 heavy (non-hydrogen) atoms. The Labute approximate surface area is 394 Å². The molecular formula is C35H57F12N9O15. The molecule has 0 radical (unpaired) electrons. The fourth-order valence-electron chi connectivity index (χ4n) is 4.03. The van der Waals surface area contributed by atoms with Gasteiger partial charge in [0.1, 0.15) is 29.9 Å². The lowest BCUT2D eigenvalue weighted by Gasteiger charge is -2.19. The molecule has 0 aromatic rings. The van der Waals surface area contributed by atoms with Gasteiger partial charge in [0.05, 0.1) is 19.5 Å². The van der Waals surface area contributed by atoms with E-state index in [1.54, 1.807) is 0 Å². The third kappa shape index (κ3) is 49.9. The molecule has 0 rings (SSSR count). The summed E-state index contributed by atoms with van der Waals surface area (Å²) < 4.78 is 126. The van der Waals surface area contributed by atoms with Gasteiger partial charge in [-0.3, -0.25) is 28.8 Å². The SMILES string of the molecule is O=C([O-])C(F)(F)F.O=C([O-])C(F)(F)F.O=C([O-])C(F)(F)F.O=C([O-])C(F)(F)F.[NH3+]CCCC[C@H]([NH3+])C(=O)NCCC(=O)NCCCC[C@H](NC(=O)CCNC(=O)[C@@H]([NH3+])CCCC[NH3+])C(=O)NCCC(=O)O. The van der Waals surface area contributed by atoms with E-state index in [1.807, 2.05) is 0 Å². The number of nitrogens with one attached hydrogen (secondary N) is 5. The van der Waals surface area contributed by atoms with Crippen LogP contribution in [0.1, 0.15) is 77.0 Å². The van der Waals surface area contributed by atoms with E-state index >= 15 is 0 Å². The normalized spacial score (nSPS) is 12.2. The molecule has 36 heteroatoms. The minimum absolute atomic E-state index is 0.0338. The minimum Gasteiger partial charge on any atom is -0.542 e. The van der Waals surface area contributed by atoms with Crippen LogP contribution >= 0.6 is 0 Å². The van der Waals surface area contributed by atoms with E-state index in [1.165, 1.54) is 0 Å². The summed E-state index contributed by atoms with van der Waals surface area (Å²) in [6.45, 7) is 2.20. The smallest absolute Gasteiger partial charge is 0.430 e. The van der Waals surface area contributed by atoms with Crippen molar-refractivity contribution in [3.63, 3.8) is 0 Å². The largest absolute Gasteiger partial charge is 0.542 e. The van der Waals surface area contributed by atoms with Crippen molar-refractivity contribution < 1.29 is 149 Å². The number of aliphatic carboxylic acids is 5. The van der Waals surface area contributed by atoms with Crippen LogP contribution in [0.15, 0.2) is 0 Å². The summed E-state index contributed by atoms with van der Waals surface area (Å²) in [5, 5.41) is 57.3. The van der Waals surface area contributed by atoms with E-state index < -0.39 is 78.4 Å². The molecule has 3 atom stereocenters. The van der Waals surface area contributed by atoms with Gasteiger partial charge in [0.15, 0.2) is 12.1 Å². The molecule has 0 aliphatic heterocycles. The predicted octanol–water partition coefficient (Wildman–Crippen LogP) is -8.40. The molecule has 0 saturated heterocycles. The summed E-state index contributed by atoms with van der Waals surface area (Å²) in [6, 6.07) is -1.67. The molecule has 24 nitrogen and oxygen atoms in total. The van der Waals surface area contributed by atoms with Gasteiger partial charge < -0.3 is 94.2 Å². The fraction of sp³-hybridized carbons (Fsp3) is 0.714. The monoisotopic (exact) mass is 1070 g/mol. The van der Waals surface area contributed by atoms with Crippen molar-refractivity contribution in [3.05, 3.63) is 0 Å². The Morgan fingerprint density at radius 1 is 0.423 bits per heavy atom. The molecule has 416 valence electrons. The highest BCUT2D eigenvalue weighted by Crippen LogP contribution is 2.13. The van der Waals surface area contributed by atoms with Crippen LogP contribution in [0.4, 0.5) is 52.7 Å². The third-order valence-electron chi connectivity index (χ3n) is 7.61. The number of amides is 5. The molecule has 0 spiro atoms. The first-order valence-corrected chi connectivity index (χ1v) is 20.3. The van der Waals surface area contributed by atoms with Gasteiger partial charge in [-0.2, -0.15) is 52.7 Å². The highest BCUT2D eigenvalue weighted by Gasteiger charge is 2.31. The second kappa shape index (κ2) is 39.4. The van der Waals surface area contributed by atoms with Gasteiger partial charge in [0.2, 0.25) is 17.7 Å². The van der Waals surface area contributed by atoms with Crippen molar-refractivity contribution in [1.29, 1.82) is 0 Å². The van der Waals surface area contributed by atoms with Crippen LogP contribution in [0.5, 0.6) is 0 Å². The number of carbonyl (C=O) groups is 10. The van der Waals surface area contributed by atoms with Crippen molar-refractivity contribution in [2.24, 2.45) is 0 Å². The summed E-state index contributed by atoms with van der Waals surface area (Å²) >= 11 is 0. The van der Waals surface area contributed by atoms with Crippen LogP contribution in [0.2, 0.25) is 0 Å². The number of carboxylic acid groups (broad SMARTS) is 5. The van der Waals surface area contributed by atoms with Crippen molar-refractivity contribution in [1.82, 2.24) is 26.6 Å². The van der Waals surface area contributed by atoms with E-state index in [0.29, 0.717) is 32.2 Å². The Kier molecular flexibility index (Phi) is 40.9. The lowest BCUT2D eigenvalue weighted by Crippen LogP contribution is -2.67. The number of alkyl halides is 12. The van der Waals surface area contributed by atoms with E-state index in [0.717, 1.165) is 38.8 Å². The minimum atomic E-state index is -5.19. The average Bonchev–Trinajstić information content (AvgIpc) is 3.22. The molecule has 0 fully saturated rings. The van der Waals surface area contributed by atoms with Crippen molar-refractivity contribution >= 4 is 59.4 Å². The van der Waals surface area contributed by atoms with Crippen LogP contribution in [-0.2, 0) is 47.9 Å². The molecule has 0 aliphatic carbocycles. The maximum absolute atomic E-state index is 12.6. The molecule has 0 aliphatic rings. The van der Waals surface area contributed by atoms with Gasteiger partial charge in [-0.15, -0.1) is 0 Å². The quantitative estimate of drug-likeness (QED) is 0.0284. The van der Waals surface area contributed by atoms with Gasteiger partial charge in [0, 0.05) is 51.9 Å². The number of unbranched alkanes of at least 4 members (excludes halogenated alkanes) is 3. The Morgan fingerprint density at radius 2 is 0.718 bits per heavy atom. The van der Waals surface area contributed by atoms with Gasteiger partial charge >= 0.3 is 30.7 Å². The van der Waals surface area contributed by atoms with Crippen molar-refractivity contribution in [2.75, 3.05) is 39.3 Å². The molecule has 0 aromatic heterocycles. The molecule has 18 N–H and O–H groups in total. The number of carbonyl (C=O) groups excluding carboxylic acids is 9. The van der Waals surface area contributed by atoms with Crippen molar-refractivity contribution in [2.45, 2.75) is 120 Å². The maximum Gasteiger partial charge on any atom is 0.430 e. The first-order valence-electron chi connectivity index (χ1n) is 20.3. The molecule has 0 bridgehead atoms. The number of quaternary nitrogens is 4. The van der Waals surface area contributed by atoms with E-state index in [9.17, 15) is 81.5 Å². The second-order valence-electron chi connectivity index (χ2n) is 13.7. The highest BCUT2D eigenvalue weighted by molar-refractivity contribution is 5.88.